The van der Waals surface area contributed by atoms with Crippen LogP contribution in [0.2, 0.25) is 0 Å². The zero-order valence-corrected chi connectivity index (χ0v) is 11.5. The molecular weight excluding hydrogens is 292 g/mol. The Bertz CT molecular complexity index is 566. The Hall–Kier alpha value is -1.81. The molecule has 0 fully saturated rings. The highest BCUT2D eigenvalue weighted by atomic mass is 79.9. The Morgan fingerprint density at radius 1 is 1.17 bits per heavy atom. The molecule has 0 unspecified atom stereocenters. The number of hydrogen-bond donors (Lipinski definition) is 1. The first-order chi connectivity index (χ1) is 8.58. The average molecular weight is 305 g/mol. The SMILES string of the molecule is CN(C(=O)c1cccc(N)c1)c1ccc(Br)cc1. The Kier molecular flexibility index (Phi) is 3.67. The van der Waals surface area contributed by atoms with Gasteiger partial charge in [-0.1, -0.05) is 22.0 Å². The molecule has 0 saturated carbocycles. The topological polar surface area (TPSA) is 46.3 Å². The summed E-state index contributed by atoms with van der Waals surface area (Å²) in [5.74, 6) is -0.0791. The summed E-state index contributed by atoms with van der Waals surface area (Å²) in [6.07, 6.45) is 0. The smallest absolute Gasteiger partial charge is 0.258 e. The maximum absolute atomic E-state index is 12.2. The number of nitrogens with two attached hydrogens (primary N) is 1. The van der Waals surface area contributed by atoms with E-state index in [9.17, 15) is 4.79 Å². The van der Waals surface area contributed by atoms with Crippen molar-refractivity contribution in [2.75, 3.05) is 17.7 Å². The average Bonchev–Trinajstić information content (AvgIpc) is 2.38. The van der Waals surface area contributed by atoms with Crippen LogP contribution in [-0.4, -0.2) is 13.0 Å². The van der Waals surface area contributed by atoms with Gasteiger partial charge in [0.2, 0.25) is 0 Å². The lowest BCUT2D eigenvalue weighted by Crippen LogP contribution is -2.26. The summed E-state index contributed by atoms with van der Waals surface area (Å²) in [7, 11) is 1.74. The number of hydrogen-bond acceptors (Lipinski definition) is 2. The van der Waals surface area contributed by atoms with Gasteiger partial charge in [0.25, 0.3) is 5.91 Å². The fourth-order valence-corrected chi connectivity index (χ4v) is 1.91. The zero-order chi connectivity index (χ0) is 13.1. The third-order valence-electron chi connectivity index (χ3n) is 2.65. The van der Waals surface area contributed by atoms with Crippen molar-refractivity contribution in [3.63, 3.8) is 0 Å². The third kappa shape index (κ3) is 2.71. The van der Waals surface area contributed by atoms with E-state index in [1.165, 1.54) is 0 Å². The monoisotopic (exact) mass is 304 g/mol. The second-order valence-corrected chi connectivity index (χ2v) is 4.88. The lowest BCUT2D eigenvalue weighted by atomic mass is 10.1. The van der Waals surface area contributed by atoms with Gasteiger partial charge in [0.1, 0.15) is 0 Å². The Morgan fingerprint density at radius 2 is 1.83 bits per heavy atom. The van der Waals surface area contributed by atoms with Crippen LogP contribution in [0.1, 0.15) is 10.4 Å². The second kappa shape index (κ2) is 5.23. The number of halogens is 1. The van der Waals surface area contributed by atoms with Crippen LogP contribution in [0.25, 0.3) is 0 Å². The van der Waals surface area contributed by atoms with E-state index in [0.29, 0.717) is 11.3 Å². The van der Waals surface area contributed by atoms with Crippen LogP contribution in [0.5, 0.6) is 0 Å². The van der Waals surface area contributed by atoms with E-state index in [0.717, 1.165) is 10.2 Å². The van der Waals surface area contributed by atoms with E-state index >= 15 is 0 Å². The minimum atomic E-state index is -0.0791. The number of nitrogen functional groups attached to an aromatic ring is 1. The van der Waals surface area contributed by atoms with Crippen LogP contribution >= 0.6 is 15.9 Å². The van der Waals surface area contributed by atoms with Crippen molar-refractivity contribution < 1.29 is 4.79 Å². The van der Waals surface area contributed by atoms with Gasteiger partial charge in [-0.25, -0.2) is 0 Å². The molecule has 0 radical (unpaired) electrons. The molecule has 0 aliphatic carbocycles. The first-order valence-electron chi connectivity index (χ1n) is 5.47. The number of benzene rings is 2. The standard InChI is InChI=1S/C14H13BrN2O/c1-17(13-7-5-11(15)6-8-13)14(18)10-3-2-4-12(16)9-10/h2-9H,16H2,1H3. The van der Waals surface area contributed by atoms with E-state index in [2.05, 4.69) is 15.9 Å². The summed E-state index contributed by atoms with van der Waals surface area (Å²) in [6, 6.07) is 14.5. The quantitative estimate of drug-likeness (QED) is 0.865. The van der Waals surface area contributed by atoms with Crippen molar-refractivity contribution in [3.05, 3.63) is 58.6 Å². The molecule has 18 heavy (non-hydrogen) atoms. The molecule has 2 rings (SSSR count). The zero-order valence-electron chi connectivity index (χ0n) is 9.93. The van der Waals surface area contributed by atoms with Crippen molar-refractivity contribution in [1.82, 2.24) is 0 Å². The van der Waals surface area contributed by atoms with Gasteiger partial charge in [0.05, 0.1) is 0 Å². The summed E-state index contributed by atoms with van der Waals surface area (Å²) in [6.45, 7) is 0. The largest absolute Gasteiger partial charge is 0.399 e. The van der Waals surface area contributed by atoms with E-state index in [-0.39, 0.29) is 5.91 Å². The summed E-state index contributed by atoms with van der Waals surface area (Å²) in [5.41, 5.74) is 7.69. The minimum absolute atomic E-state index is 0.0791. The molecule has 0 spiro atoms. The molecule has 0 aliphatic rings. The Balaban J connectivity index is 2.26. The summed E-state index contributed by atoms with van der Waals surface area (Å²) in [4.78, 5) is 13.8. The molecule has 0 atom stereocenters. The van der Waals surface area contributed by atoms with Crippen molar-refractivity contribution >= 4 is 33.2 Å². The molecule has 2 N–H and O–H groups in total. The van der Waals surface area contributed by atoms with Crippen molar-refractivity contribution in [2.24, 2.45) is 0 Å². The highest BCUT2D eigenvalue weighted by Gasteiger charge is 2.13. The first-order valence-corrected chi connectivity index (χ1v) is 6.26. The molecule has 0 heterocycles. The van der Waals surface area contributed by atoms with Crippen LogP contribution in [0, 0.1) is 0 Å². The Labute approximate surface area is 114 Å². The fraction of sp³-hybridized carbons (Fsp3) is 0.0714. The van der Waals surface area contributed by atoms with Crippen molar-refractivity contribution in [1.29, 1.82) is 0 Å². The maximum atomic E-state index is 12.2. The van der Waals surface area contributed by atoms with Gasteiger partial charge >= 0.3 is 0 Å². The number of carbonyl (C=O) groups is 1. The predicted molar refractivity (Wildman–Crippen MR) is 77.7 cm³/mol. The molecule has 0 aromatic heterocycles. The predicted octanol–water partition coefficient (Wildman–Crippen LogP) is 3.31. The lowest BCUT2D eigenvalue weighted by molar-refractivity contribution is 0.0993. The van der Waals surface area contributed by atoms with Crippen LogP contribution in [-0.2, 0) is 0 Å². The molecule has 1 amide bonds. The first kappa shape index (κ1) is 12.6. The van der Waals surface area contributed by atoms with Crippen LogP contribution in [0.15, 0.2) is 53.0 Å². The molecular formula is C14H13BrN2O. The summed E-state index contributed by atoms with van der Waals surface area (Å²) >= 11 is 3.37. The summed E-state index contributed by atoms with van der Waals surface area (Å²) in [5, 5.41) is 0. The van der Waals surface area contributed by atoms with Crippen molar-refractivity contribution in [3.8, 4) is 0 Å². The van der Waals surface area contributed by atoms with E-state index < -0.39 is 0 Å². The van der Waals surface area contributed by atoms with Gasteiger partial charge in [-0.15, -0.1) is 0 Å². The normalized spacial score (nSPS) is 10.1. The molecule has 92 valence electrons. The molecule has 2 aromatic rings. The Morgan fingerprint density at radius 3 is 2.44 bits per heavy atom. The van der Waals surface area contributed by atoms with Gasteiger partial charge < -0.3 is 10.6 Å². The number of nitrogens with zero attached hydrogens (tertiary/aromatic N) is 1. The molecule has 0 bridgehead atoms. The van der Waals surface area contributed by atoms with Gasteiger partial charge in [0.15, 0.2) is 0 Å². The molecule has 4 heteroatoms. The van der Waals surface area contributed by atoms with Crippen LogP contribution in [0.4, 0.5) is 11.4 Å². The van der Waals surface area contributed by atoms with E-state index in [1.54, 1.807) is 36.2 Å². The number of rotatable bonds is 2. The van der Waals surface area contributed by atoms with Gasteiger partial charge in [-0.3, -0.25) is 4.79 Å². The molecule has 0 saturated heterocycles. The highest BCUT2D eigenvalue weighted by molar-refractivity contribution is 9.10. The van der Waals surface area contributed by atoms with E-state index in [4.69, 9.17) is 5.73 Å². The molecule has 2 aromatic carbocycles. The lowest BCUT2D eigenvalue weighted by Gasteiger charge is -2.17. The van der Waals surface area contributed by atoms with E-state index in [1.807, 2.05) is 24.3 Å². The summed E-state index contributed by atoms with van der Waals surface area (Å²) < 4.78 is 0.982. The highest BCUT2D eigenvalue weighted by Crippen LogP contribution is 2.19. The van der Waals surface area contributed by atoms with Crippen LogP contribution < -0.4 is 10.6 Å². The number of anilines is 2. The van der Waals surface area contributed by atoms with Gasteiger partial charge in [-0.2, -0.15) is 0 Å². The molecule has 0 aliphatic heterocycles. The number of amides is 1. The fourth-order valence-electron chi connectivity index (χ4n) is 1.65. The number of carbonyl (C=O) groups excluding carboxylic acids is 1. The van der Waals surface area contributed by atoms with Crippen LogP contribution in [0.3, 0.4) is 0 Å². The van der Waals surface area contributed by atoms with Gasteiger partial charge in [-0.05, 0) is 42.5 Å². The third-order valence-corrected chi connectivity index (χ3v) is 3.18. The van der Waals surface area contributed by atoms with Crippen molar-refractivity contribution in [2.45, 2.75) is 0 Å². The minimum Gasteiger partial charge on any atom is -0.399 e. The van der Waals surface area contributed by atoms with Gasteiger partial charge in [0, 0.05) is 28.5 Å². The molecule has 3 nitrogen and oxygen atoms in total. The maximum Gasteiger partial charge on any atom is 0.258 e. The second-order valence-electron chi connectivity index (χ2n) is 3.97.